The maximum absolute atomic E-state index is 5.85. The van der Waals surface area contributed by atoms with Crippen LogP contribution in [0.4, 0.5) is 0 Å². The predicted octanol–water partition coefficient (Wildman–Crippen LogP) is 5.66. The first-order chi connectivity index (χ1) is 9.40. The highest BCUT2D eigenvalue weighted by atomic mass is 32.1. The molecule has 2 aliphatic carbocycles. The molecule has 0 aromatic carbocycles. The average Bonchev–Trinajstić information content (AvgIpc) is 2.85. The molecule has 0 spiro atoms. The number of hydrogen-bond acceptors (Lipinski definition) is 1. The molecule has 0 saturated carbocycles. The van der Waals surface area contributed by atoms with Gasteiger partial charge in [-0.05, 0) is 49.5 Å². The summed E-state index contributed by atoms with van der Waals surface area (Å²) in [6.45, 7) is 14.5. The minimum Gasteiger partial charge on any atom is -0.0988 e. The highest BCUT2D eigenvalue weighted by Gasteiger charge is 2.34. The lowest BCUT2D eigenvalue weighted by atomic mass is 9.72. The summed E-state index contributed by atoms with van der Waals surface area (Å²) in [6, 6.07) is 0. The number of rotatable bonds is 4. The molecule has 1 heteroatoms. The lowest BCUT2D eigenvalue weighted by Crippen LogP contribution is -2.29. The average molecular weight is 282 g/mol. The van der Waals surface area contributed by atoms with E-state index in [4.69, 9.17) is 12.2 Å². The van der Waals surface area contributed by atoms with E-state index in [1.54, 1.807) is 0 Å². The zero-order valence-electron chi connectivity index (χ0n) is 12.6. The van der Waals surface area contributed by atoms with Crippen molar-refractivity contribution >= 4 is 17.1 Å². The predicted molar refractivity (Wildman–Crippen MR) is 93.0 cm³/mol. The van der Waals surface area contributed by atoms with Gasteiger partial charge >= 0.3 is 0 Å². The lowest BCUT2D eigenvalue weighted by molar-refractivity contribution is 0.568. The third-order valence-electron chi connectivity index (χ3n) is 4.46. The van der Waals surface area contributed by atoms with Crippen LogP contribution in [0.25, 0.3) is 0 Å². The standard InChI is InChI=1S/C19H22S/c1-6-15-11-16(13(2)3)12-17(15)18(20)19(5)10-8-7-9-14(19)4/h6-9,12H,1-2,10-11H2,3-5H3. The van der Waals surface area contributed by atoms with Gasteiger partial charge in [0, 0.05) is 10.3 Å². The second-order valence-corrected chi connectivity index (χ2v) is 6.32. The van der Waals surface area contributed by atoms with E-state index in [0.29, 0.717) is 0 Å². The third kappa shape index (κ3) is 2.43. The summed E-state index contributed by atoms with van der Waals surface area (Å²) in [5, 5.41) is 0. The van der Waals surface area contributed by atoms with Crippen LogP contribution in [-0.2, 0) is 0 Å². The van der Waals surface area contributed by atoms with Gasteiger partial charge < -0.3 is 0 Å². The van der Waals surface area contributed by atoms with Crippen LogP contribution in [0.3, 0.4) is 0 Å². The molecular weight excluding hydrogens is 260 g/mol. The van der Waals surface area contributed by atoms with Crippen LogP contribution in [0.1, 0.15) is 33.6 Å². The monoisotopic (exact) mass is 282 g/mol. The zero-order valence-corrected chi connectivity index (χ0v) is 13.4. The van der Waals surface area contributed by atoms with Crippen molar-refractivity contribution in [1.82, 2.24) is 0 Å². The summed E-state index contributed by atoms with van der Waals surface area (Å²) in [4.78, 5) is 1.03. The van der Waals surface area contributed by atoms with Crippen LogP contribution < -0.4 is 0 Å². The van der Waals surface area contributed by atoms with Crippen molar-refractivity contribution in [1.29, 1.82) is 0 Å². The number of thiocarbonyl (C=S) groups is 1. The fourth-order valence-corrected chi connectivity index (χ4v) is 3.15. The zero-order chi connectivity index (χ0) is 14.9. The van der Waals surface area contributed by atoms with Gasteiger partial charge in [0.1, 0.15) is 0 Å². The maximum Gasteiger partial charge on any atom is 0.0330 e. The van der Waals surface area contributed by atoms with Crippen LogP contribution in [0.15, 0.2) is 71.4 Å². The van der Waals surface area contributed by atoms with Crippen molar-refractivity contribution in [3.63, 3.8) is 0 Å². The summed E-state index contributed by atoms with van der Waals surface area (Å²) >= 11 is 5.85. The smallest absolute Gasteiger partial charge is 0.0330 e. The molecule has 0 radical (unpaired) electrons. The molecule has 0 heterocycles. The molecule has 0 bridgehead atoms. The van der Waals surface area contributed by atoms with Crippen molar-refractivity contribution in [3.05, 3.63) is 71.4 Å². The van der Waals surface area contributed by atoms with Gasteiger partial charge in [0.25, 0.3) is 0 Å². The fraction of sp³-hybridized carbons (Fsp3) is 0.316. The van der Waals surface area contributed by atoms with Crippen LogP contribution in [0.5, 0.6) is 0 Å². The van der Waals surface area contributed by atoms with E-state index in [1.807, 2.05) is 6.08 Å². The van der Waals surface area contributed by atoms with Crippen LogP contribution in [-0.4, -0.2) is 4.86 Å². The Morgan fingerprint density at radius 3 is 2.70 bits per heavy atom. The largest absolute Gasteiger partial charge is 0.0988 e. The Kier molecular flexibility index (Phi) is 4.10. The van der Waals surface area contributed by atoms with E-state index in [0.717, 1.165) is 23.3 Å². The van der Waals surface area contributed by atoms with Gasteiger partial charge in [0.2, 0.25) is 0 Å². The van der Waals surface area contributed by atoms with E-state index >= 15 is 0 Å². The van der Waals surface area contributed by atoms with Gasteiger partial charge in [-0.1, -0.05) is 67.7 Å². The van der Waals surface area contributed by atoms with E-state index < -0.39 is 0 Å². The molecule has 1 unspecified atom stereocenters. The first-order valence-electron chi connectivity index (χ1n) is 7.01. The summed E-state index contributed by atoms with van der Waals surface area (Å²) in [7, 11) is 0. The number of allylic oxidation sites excluding steroid dienone is 10. The van der Waals surface area contributed by atoms with E-state index in [1.165, 1.54) is 22.3 Å². The summed E-state index contributed by atoms with van der Waals surface area (Å²) < 4.78 is 0. The first-order valence-corrected chi connectivity index (χ1v) is 7.41. The van der Waals surface area contributed by atoms with Crippen molar-refractivity contribution in [3.8, 4) is 0 Å². The van der Waals surface area contributed by atoms with Gasteiger partial charge in [-0.15, -0.1) is 0 Å². The summed E-state index contributed by atoms with van der Waals surface area (Å²) in [5.74, 6) is 0. The molecule has 0 nitrogen and oxygen atoms in total. The van der Waals surface area contributed by atoms with Crippen molar-refractivity contribution in [2.24, 2.45) is 5.41 Å². The molecule has 0 fully saturated rings. The quantitative estimate of drug-likeness (QED) is 0.600. The van der Waals surface area contributed by atoms with Crippen LogP contribution in [0.2, 0.25) is 0 Å². The molecule has 0 aromatic rings. The van der Waals surface area contributed by atoms with Crippen LogP contribution >= 0.6 is 12.2 Å². The molecule has 0 amide bonds. The number of hydrogen-bond donors (Lipinski definition) is 0. The molecule has 0 saturated heterocycles. The van der Waals surface area contributed by atoms with Gasteiger partial charge in [-0.25, -0.2) is 0 Å². The Bertz CT molecular complexity index is 608. The minimum atomic E-state index is -0.0608. The Morgan fingerprint density at radius 2 is 2.15 bits per heavy atom. The Morgan fingerprint density at radius 1 is 1.45 bits per heavy atom. The van der Waals surface area contributed by atoms with Crippen molar-refractivity contribution in [2.45, 2.75) is 33.6 Å². The third-order valence-corrected chi connectivity index (χ3v) is 5.13. The molecule has 0 aliphatic heterocycles. The maximum atomic E-state index is 5.85. The van der Waals surface area contributed by atoms with E-state index in [9.17, 15) is 0 Å². The Hall–Kier alpha value is -1.47. The molecule has 20 heavy (non-hydrogen) atoms. The van der Waals surface area contributed by atoms with E-state index in [-0.39, 0.29) is 5.41 Å². The second kappa shape index (κ2) is 5.49. The van der Waals surface area contributed by atoms with Gasteiger partial charge in [0.15, 0.2) is 0 Å². The molecule has 104 valence electrons. The highest BCUT2D eigenvalue weighted by molar-refractivity contribution is 7.81. The van der Waals surface area contributed by atoms with Crippen molar-refractivity contribution in [2.75, 3.05) is 0 Å². The topological polar surface area (TPSA) is 0 Å². The van der Waals surface area contributed by atoms with Gasteiger partial charge in [-0.3, -0.25) is 0 Å². The normalized spacial score (nSPS) is 25.4. The SMILES string of the molecule is C=CC1=C(C(=S)C2(C)CC=CC=C2C)C=C(C(=C)C)C1. The molecule has 1 atom stereocenters. The van der Waals surface area contributed by atoms with Gasteiger partial charge in [0.05, 0.1) is 0 Å². The van der Waals surface area contributed by atoms with Gasteiger partial charge in [-0.2, -0.15) is 0 Å². The summed E-state index contributed by atoms with van der Waals surface area (Å²) in [5.41, 5.74) is 6.07. The Balaban J connectivity index is 2.42. The molecule has 2 aliphatic rings. The Labute approximate surface area is 128 Å². The highest BCUT2D eigenvalue weighted by Crippen LogP contribution is 2.42. The molecular formula is C19H22S. The summed E-state index contributed by atoms with van der Waals surface area (Å²) in [6.07, 6.45) is 12.5. The molecule has 0 aromatic heterocycles. The minimum absolute atomic E-state index is 0.0608. The molecule has 0 N–H and O–H groups in total. The second-order valence-electron chi connectivity index (χ2n) is 5.91. The van der Waals surface area contributed by atoms with Crippen LogP contribution in [0, 0.1) is 5.41 Å². The lowest BCUT2D eigenvalue weighted by Gasteiger charge is -2.33. The molecule has 2 rings (SSSR count). The van der Waals surface area contributed by atoms with E-state index in [2.05, 4.69) is 58.2 Å². The first kappa shape index (κ1) is 14.9. The fourth-order valence-electron chi connectivity index (χ4n) is 2.72. The van der Waals surface area contributed by atoms with Crippen molar-refractivity contribution < 1.29 is 0 Å².